The van der Waals surface area contributed by atoms with E-state index in [0.29, 0.717) is 11.5 Å². The maximum absolute atomic E-state index is 9.27. The van der Waals surface area contributed by atoms with Gasteiger partial charge in [0.1, 0.15) is 5.92 Å². The maximum Gasteiger partial charge on any atom is 0.162 e. The van der Waals surface area contributed by atoms with Gasteiger partial charge in [-0.25, -0.2) is 5.84 Å². The second-order valence-electron chi connectivity index (χ2n) is 3.96. The molecule has 0 spiro atoms. The Labute approximate surface area is 105 Å². The second-order valence-corrected chi connectivity index (χ2v) is 3.96. The van der Waals surface area contributed by atoms with Crippen molar-refractivity contribution in [1.82, 2.24) is 10.2 Å². The van der Waals surface area contributed by atoms with Gasteiger partial charge in [-0.05, 0) is 24.6 Å². The fraction of sp³-hybridized carbons (Fsp3) is 0.154. The molecule has 0 amide bonds. The molecule has 0 radical (unpaired) electrons. The van der Waals surface area contributed by atoms with Crippen LogP contribution in [0.2, 0.25) is 0 Å². The van der Waals surface area contributed by atoms with E-state index in [9.17, 15) is 5.26 Å². The van der Waals surface area contributed by atoms with Crippen LogP contribution in [0.25, 0.3) is 0 Å². The van der Waals surface area contributed by atoms with E-state index in [4.69, 9.17) is 5.84 Å². The van der Waals surface area contributed by atoms with Gasteiger partial charge in [0, 0.05) is 0 Å². The first-order valence-corrected chi connectivity index (χ1v) is 5.51. The zero-order valence-corrected chi connectivity index (χ0v) is 9.96. The number of aromatic nitrogens is 2. The predicted molar refractivity (Wildman–Crippen MR) is 68.5 cm³/mol. The van der Waals surface area contributed by atoms with E-state index in [1.807, 2.05) is 31.2 Å². The van der Waals surface area contributed by atoms with Crippen molar-refractivity contribution in [2.45, 2.75) is 12.8 Å². The van der Waals surface area contributed by atoms with E-state index < -0.39 is 5.92 Å². The molecule has 1 heterocycles. The molecule has 0 unspecified atom stereocenters. The summed E-state index contributed by atoms with van der Waals surface area (Å²) in [4.78, 5) is 0. The van der Waals surface area contributed by atoms with E-state index in [1.54, 1.807) is 12.1 Å². The van der Waals surface area contributed by atoms with Gasteiger partial charge in [0.2, 0.25) is 0 Å². The lowest BCUT2D eigenvalue weighted by Gasteiger charge is -2.09. The first kappa shape index (κ1) is 12.0. The topological polar surface area (TPSA) is 87.6 Å². The van der Waals surface area contributed by atoms with Gasteiger partial charge in [0.25, 0.3) is 0 Å². The van der Waals surface area contributed by atoms with Crippen LogP contribution < -0.4 is 11.3 Å². The minimum Gasteiger partial charge on any atom is -0.307 e. The van der Waals surface area contributed by atoms with Crippen molar-refractivity contribution in [1.29, 1.82) is 5.26 Å². The number of nitrogen functional groups attached to an aromatic ring is 1. The highest BCUT2D eigenvalue weighted by molar-refractivity contribution is 5.38. The first-order chi connectivity index (χ1) is 8.74. The van der Waals surface area contributed by atoms with Gasteiger partial charge in [-0.15, -0.1) is 5.10 Å². The Morgan fingerprint density at radius 1 is 1.17 bits per heavy atom. The molecule has 0 saturated carbocycles. The molecular formula is C13H13N5. The fourth-order valence-electron chi connectivity index (χ4n) is 1.64. The fourth-order valence-corrected chi connectivity index (χ4v) is 1.64. The van der Waals surface area contributed by atoms with Crippen LogP contribution in [-0.4, -0.2) is 10.2 Å². The van der Waals surface area contributed by atoms with Crippen molar-refractivity contribution in [3.63, 3.8) is 0 Å². The van der Waals surface area contributed by atoms with Crippen LogP contribution >= 0.6 is 0 Å². The Kier molecular flexibility index (Phi) is 3.51. The SMILES string of the molecule is Cc1ccc([C@H](C#N)c2ccc(NN)nn2)cc1. The highest BCUT2D eigenvalue weighted by Gasteiger charge is 2.15. The summed E-state index contributed by atoms with van der Waals surface area (Å²) in [6.07, 6.45) is 0. The molecule has 5 heteroatoms. The van der Waals surface area contributed by atoms with Crippen molar-refractivity contribution >= 4 is 5.82 Å². The van der Waals surface area contributed by atoms with Crippen LogP contribution in [0.3, 0.4) is 0 Å². The highest BCUT2D eigenvalue weighted by atomic mass is 15.3. The van der Waals surface area contributed by atoms with E-state index in [1.165, 1.54) is 0 Å². The van der Waals surface area contributed by atoms with Crippen LogP contribution in [0, 0.1) is 18.3 Å². The third kappa shape index (κ3) is 2.44. The number of anilines is 1. The Bertz CT molecular complexity index is 553. The van der Waals surface area contributed by atoms with Crippen LogP contribution in [-0.2, 0) is 0 Å². The van der Waals surface area contributed by atoms with Crippen LogP contribution in [0.4, 0.5) is 5.82 Å². The lowest BCUT2D eigenvalue weighted by atomic mass is 9.96. The summed E-state index contributed by atoms with van der Waals surface area (Å²) in [5, 5.41) is 17.1. The number of hydrogen-bond donors (Lipinski definition) is 2. The Hall–Kier alpha value is -2.45. The number of aryl methyl sites for hydroxylation is 1. The average Bonchev–Trinajstić information content (AvgIpc) is 2.42. The number of benzene rings is 1. The zero-order chi connectivity index (χ0) is 13.0. The van der Waals surface area contributed by atoms with Gasteiger partial charge in [0.05, 0.1) is 11.8 Å². The van der Waals surface area contributed by atoms with Crippen molar-refractivity contribution in [2.75, 3.05) is 5.43 Å². The van der Waals surface area contributed by atoms with Crippen LogP contribution in [0.5, 0.6) is 0 Å². The second kappa shape index (κ2) is 5.25. The lowest BCUT2D eigenvalue weighted by Crippen LogP contribution is -2.10. The first-order valence-electron chi connectivity index (χ1n) is 5.51. The molecule has 1 aromatic heterocycles. The van der Waals surface area contributed by atoms with Gasteiger partial charge in [-0.2, -0.15) is 10.4 Å². The molecule has 5 nitrogen and oxygen atoms in total. The molecule has 90 valence electrons. The molecule has 0 aliphatic carbocycles. The van der Waals surface area contributed by atoms with Crippen molar-refractivity contribution < 1.29 is 0 Å². The molecule has 0 saturated heterocycles. The van der Waals surface area contributed by atoms with Gasteiger partial charge in [0.15, 0.2) is 5.82 Å². The molecule has 1 aromatic carbocycles. The summed E-state index contributed by atoms with van der Waals surface area (Å²) in [7, 11) is 0. The minimum atomic E-state index is -0.412. The Morgan fingerprint density at radius 3 is 2.39 bits per heavy atom. The summed E-state index contributed by atoms with van der Waals surface area (Å²) >= 11 is 0. The predicted octanol–water partition coefficient (Wildman–Crippen LogP) is 1.73. The standard InChI is InChI=1S/C13H13N5/c1-9-2-4-10(5-3-9)11(8-14)12-6-7-13(16-15)18-17-12/h2-7,11H,15H2,1H3,(H,16,18)/t11-/m0/s1. The van der Waals surface area contributed by atoms with Gasteiger partial charge >= 0.3 is 0 Å². The van der Waals surface area contributed by atoms with E-state index in [2.05, 4.69) is 21.7 Å². The molecule has 3 N–H and O–H groups in total. The quantitative estimate of drug-likeness (QED) is 0.629. The number of nitrogens with one attached hydrogen (secondary N) is 1. The van der Waals surface area contributed by atoms with Crippen molar-refractivity contribution in [3.8, 4) is 6.07 Å². The van der Waals surface area contributed by atoms with Gasteiger partial charge < -0.3 is 5.43 Å². The summed E-state index contributed by atoms with van der Waals surface area (Å²) in [5.74, 6) is 5.28. The molecule has 0 bridgehead atoms. The summed E-state index contributed by atoms with van der Waals surface area (Å²) < 4.78 is 0. The van der Waals surface area contributed by atoms with E-state index in [-0.39, 0.29) is 0 Å². The van der Waals surface area contributed by atoms with Gasteiger partial charge in [-0.3, -0.25) is 0 Å². The molecule has 2 rings (SSSR count). The summed E-state index contributed by atoms with van der Waals surface area (Å²) in [6, 6.07) is 13.5. The number of hydrazine groups is 1. The molecule has 1 atom stereocenters. The lowest BCUT2D eigenvalue weighted by molar-refractivity contribution is 0.884. The molecule has 0 aliphatic rings. The van der Waals surface area contributed by atoms with Crippen molar-refractivity contribution in [3.05, 3.63) is 53.2 Å². The smallest absolute Gasteiger partial charge is 0.162 e. The monoisotopic (exact) mass is 239 g/mol. The molecule has 0 aliphatic heterocycles. The third-order valence-electron chi connectivity index (χ3n) is 2.67. The number of rotatable bonds is 3. The summed E-state index contributed by atoms with van der Waals surface area (Å²) in [6.45, 7) is 2.01. The average molecular weight is 239 g/mol. The highest BCUT2D eigenvalue weighted by Crippen LogP contribution is 2.22. The number of nitriles is 1. The number of hydrogen-bond acceptors (Lipinski definition) is 5. The normalized spacial score (nSPS) is 11.6. The molecule has 2 aromatic rings. The van der Waals surface area contributed by atoms with E-state index in [0.717, 1.165) is 11.1 Å². The molecule has 18 heavy (non-hydrogen) atoms. The molecular weight excluding hydrogens is 226 g/mol. The van der Waals surface area contributed by atoms with Crippen molar-refractivity contribution in [2.24, 2.45) is 5.84 Å². The maximum atomic E-state index is 9.27. The van der Waals surface area contributed by atoms with Crippen LogP contribution in [0.15, 0.2) is 36.4 Å². The minimum absolute atomic E-state index is 0.412. The Morgan fingerprint density at radius 2 is 1.89 bits per heavy atom. The number of nitrogens with two attached hydrogens (primary N) is 1. The largest absolute Gasteiger partial charge is 0.307 e. The number of nitrogens with zero attached hydrogens (tertiary/aromatic N) is 3. The van der Waals surface area contributed by atoms with E-state index >= 15 is 0 Å². The summed E-state index contributed by atoms with van der Waals surface area (Å²) in [5.41, 5.74) is 5.08. The van der Waals surface area contributed by atoms with Gasteiger partial charge in [-0.1, -0.05) is 29.8 Å². The van der Waals surface area contributed by atoms with Crippen LogP contribution in [0.1, 0.15) is 22.7 Å². The molecule has 0 fully saturated rings. The zero-order valence-electron chi connectivity index (χ0n) is 9.96. The Balaban J connectivity index is 2.33. The third-order valence-corrected chi connectivity index (χ3v) is 2.67.